The van der Waals surface area contributed by atoms with Crippen LogP contribution in [0.1, 0.15) is 39.5 Å². The lowest BCUT2D eigenvalue weighted by atomic mass is 9.79. The van der Waals surface area contributed by atoms with Gasteiger partial charge in [0.2, 0.25) is 0 Å². The first kappa shape index (κ1) is 12.7. The lowest BCUT2D eigenvalue weighted by Crippen LogP contribution is -2.55. The zero-order valence-corrected chi connectivity index (χ0v) is 10.9. The third-order valence-corrected chi connectivity index (χ3v) is 4.09. The van der Waals surface area contributed by atoms with E-state index >= 15 is 0 Å². The van der Waals surface area contributed by atoms with Crippen LogP contribution >= 0.6 is 0 Å². The first-order valence-electron chi connectivity index (χ1n) is 6.88. The molecule has 4 heteroatoms. The molecule has 0 radical (unpaired) electrons. The van der Waals surface area contributed by atoms with Crippen LogP contribution in [0.15, 0.2) is 0 Å². The van der Waals surface area contributed by atoms with Gasteiger partial charge in [0.1, 0.15) is 0 Å². The molecule has 0 spiro atoms. The Kier molecular flexibility index (Phi) is 4.26. The summed E-state index contributed by atoms with van der Waals surface area (Å²) in [6.45, 7) is 6.80. The molecule has 0 aromatic rings. The SMILES string of the molecule is CCOC(=O)NC1CCCN(C2CCC2C)C1. The van der Waals surface area contributed by atoms with Gasteiger partial charge in [-0.2, -0.15) is 0 Å². The highest BCUT2D eigenvalue weighted by molar-refractivity contribution is 5.67. The standard InChI is InChI=1S/C13H24N2O2/c1-3-17-13(16)14-11-5-4-8-15(9-11)12-7-6-10(12)2/h10-12H,3-9H2,1-2H3,(H,14,16). The van der Waals surface area contributed by atoms with Crippen LogP contribution < -0.4 is 5.32 Å². The number of likely N-dealkylation sites (tertiary alicyclic amines) is 1. The van der Waals surface area contributed by atoms with Gasteiger partial charge in [0.05, 0.1) is 6.61 Å². The molecule has 0 aromatic heterocycles. The molecule has 98 valence electrons. The minimum atomic E-state index is -0.263. The van der Waals surface area contributed by atoms with Gasteiger partial charge in [-0.25, -0.2) is 4.79 Å². The van der Waals surface area contributed by atoms with Crippen molar-refractivity contribution < 1.29 is 9.53 Å². The Balaban J connectivity index is 1.78. The average Bonchev–Trinajstić information content (AvgIpc) is 2.28. The van der Waals surface area contributed by atoms with Gasteiger partial charge in [0, 0.05) is 18.6 Å². The molecule has 0 bridgehead atoms. The smallest absolute Gasteiger partial charge is 0.407 e. The Labute approximate surface area is 104 Å². The Morgan fingerprint density at radius 1 is 1.41 bits per heavy atom. The summed E-state index contributed by atoms with van der Waals surface area (Å²) >= 11 is 0. The second-order valence-corrected chi connectivity index (χ2v) is 5.32. The van der Waals surface area contributed by atoms with Crippen LogP contribution in [-0.4, -0.2) is 42.8 Å². The summed E-state index contributed by atoms with van der Waals surface area (Å²) in [6, 6.07) is 1.03. The maximum atomic E-state index is 11.4. The number of piperidine rings is 1. The van der Waals surface area contributed by atoms with Crippen molar-refractivity contribution in [2.24, 2.45) is 5.92 Å². The third-order valence-electron chi connectivity index (χ3n) is 4.09. The Morgan fingerprint density at radius 2 is 2.24 bits per heavy atom. The summed E-state index contributed by atoms with van der Waals surface area (Å²) in [5.74, 6) is 0.830. The molecule has 1 aliphatic carbocycles. The fourth-order valence-corrected chi connectivity index (χ4v) is 2.96. The summed E-state index contributed by atoms with van der Waals surface area (Å²) < 4.78 is 4.93. The Hall–Kier alpha value is -0.770. The highest BCUT2D eigenvalue weighted by atomic mass is 16.5. The number of ether oxygens (including phenoxy) is 1. The number of carbonyl (C=O) groups is 1. The molecule has 1 aliphatic heterocycles. The molecule has 2 rings (SSSR count). The number of alkyl carbamates (subject to hydrolysis) is 1. The van der Waals surface area contributed by atoms with Crippen LogP contribution in [-0.2, 0) is 4.74 Å². The van der Waals surface area contributed by atoms with Crippen molar-refractivity contribution in [2.45, 2.75) is 51.6 Å². The zero-order chi connectivity index (χ0) is 12.3. The van der Waals surface area contributed by atoms with E-state index in [0.717, 1.165) is 24.9 Å². The van der Waals surface area contributed by atoms with Crippen molar-refractivity contribution in [1.29, 1.82) is 0 Å². The molecule has 1 heterocycles. The van der Waals surface area contributed by atoms with Gasteiger partial charge in [-0.1, -0.05) is 6.92 Å². The number of nitrogens with zero attached hydrogens (tertiary/aromatic N) is 1. The van der Waals surface area contributed by atoms with E-state index in [1.165, 1.54) is 25.8 Å². The van der Waals surface area contributed by atoms with Gasteiger partial charge in [-0.3, -0.25) is 4.90 Å². The molecule has 17 heavy (non-hydrogen) atoms. The van der Waals surface area contributed by atoms with Crippen molar-refractivity contribution in [3.05, 3.63) is 0 Å². The van der Waals surface area contributed by atoms with Crippen LogP contribution in [0.5, 0.6) is 0 Å². The molecule has 1 N–H and O–H groups in total. The molecule has 2 aliphatic rings. The summed E-state index contributed by atoms with van der Waals surface area (Å²) in [6.07, 6.45) is 4.68. The maximum Gasteiger partial charge on any atom is 0.407 e. The maximum absolute atomic E-state index is 11.4. The molecule has 4 nitrogen and oxygen atoms in total. The van der Waals surface area contributed by atoms with Gasteiger partial charge < -0.3 is 10.1 Å². The summed E-state index contributed by atoms with van der Waals surface area (Å²) in [5.41, 5.74) is 0. The van der Waals surface area contributed by atoms with Crippen LogP contribution in [0.25, 0.3) is 0 Å². The largest absolute Gasteiger partial charge is 0.450 e. The number of rotatable bonds is 3. The van der Waals surface area contributed by atoms with Crippen molar-refractivity contribution in [3.63, 3.8) is 0 Å². The van der Waals surface area contributed by atoms with Crippen molar-refractivity contribution in [1.82, 2.24) is 10.2 Å². The highest BCUT2D eigenvalue weighted by Crippen LogP contribution is 2.33. The number of hydrogen-bond acceptors (Lipinski definition) is 3. The van der Waals surface area contributed by atoms with E-state index in [2.05, 4.69) is 17.1 Å². The molecule has 3 unspecified atom stereocenters. The molecule has 1 saturated carbocycles. The fraction of sp³-hybridized carbons (Fsp3) is 0.923. The minimum Gasteiger partial charge on any atom is -0.450 e. The molecule has 0 aromatic carbocycles. The first-order chi connectivity index (χ1) is 8.20. The van der Waals surface area contributed by atoms with E-state index in [1.807, 2.05) is 6.92 Å². The molecular formula is C13H24N2O2. The predicted octanol–water partition coefficient (Wildman–Crippen LogP) is 2.00. The van der Waals surface area contributed by atoms with Crippen molar-refractivity contribution in [3.8, 4) is 0 Å². The second kappa shape index (κ2) is 5.71. The molecule has 3 atom stereocenters. The molecular weight excluding hydrogens is 216 g/mol. The van der Waals surface area contributed by atoms with Gasteiger partial charge in [0.25, 0.3) is 0 Å². The molecule has 2 fully saturated rings. The summed E-state index contributed by atoms with van der Waals surface area (Å²) in [5, 5.41) is 2.96. The van der Waals surface area contributed by atoms with E-state index < -0.39 is 0 Å². The quantitative estimate of drug-likeness (QED) is 0.820. The second-order valence-electron chi connectivity index (χ2n) is 5.32. The van der Waals surface area contributed by atoms with Gasteiger partial charge in [-0.05, 0) is 45.1 Å². The topological polar surface area (TPSA) is 41.6 Å². The molecule has 1 saturated heterocycles. The molecule has 1 amide bonds. The highest BCUT2D eigenvalue weighted by Gasteiger charge is 2.35. The minimum absolute atomic E-state index is 0.263. The van der Waals surface area contributed by atoms with Gasteiger partial charge in [0.15, 0.2) is 0 Å². The Bertz CT molecular complexity index is 270. The predicted molar refractivity (Wildman–Crippen MR) is 66.9 cm³/mol. The first-order valence-corrected chi connectivity index (χ1v) is 6.88. The van der Waals surface area contributed by atoms with Crippen LogP contribution in [0.2, 0.25) is 0 Å². The average molecular weight is 240 g/mol. The normalized spacial score (nSPS) is 33.9. The summed E-state index contributed by atoms with van der Waals surface area (Å²) in [7, 11) is 0. The van der Waals surface area contributed by atoms with Crippen LogP contribution in [0.3, 0.4) is 0 Å². The third kappa shape index (κ3) is 3.12. The number of hydrogen-bond donors (Lipinski definition) is 1. The lowest BCUT2D eigenvalue weighted by Gasteiger charge is -2.46. The van der Waals surface area contributed by atoms with E-state index in [-0.39, 0.29) is 12.1 Å². The monoisotopic (exact) mass is 240 g/mol. The zero-order valence-electron chi connectivity index (χ0n) is 10.9. The summed E-state index contributed by atoms with van der Waals surface area (Å²) in [4.78, 5) is 13.9. The van der Waals surface area contributed by atoms with E-state index in [4.69, 9.17) is 4.74 Å². The van der Waals surface area contributed by atoms with Crippen molar-refractivity contribution >= 4 is 6.09 Å². The van der Waals surface area contributed by atoms with Crippen LogP contribution in [0.4, 0.5) is 4.79 Å². The number of amides is 1. The van der Waals surface area contributed by atoms with Gasteiger partial charge in [-0.15, -0.1) is 0 Å². The number of carbonyl (C=O) groups excluding carboxylic acids is 1. The van der Waals surface area contributed by atoms with E-state index in [0.29, 0.717) is 6.61 Å². The number of nitrogens with one attached hydrogen (secondary N) is 1. The van der Waals surface area contributed by atoms with E-state index in [1.54, 1.807) is 0 Å². The lowest BCUT2D eigenvalue weighted by molar-refractivity contribution is 0.0431. The van der Waals surface area contributed by atoms with Crippen LogP contribution in [0, 0.1) is 5.92 Å². The van der Waals surface area contributed by atoms with Gasteiger partial charge >= 0.3 is 6.09 Å². The van der Waals surface area contributed by atoms with Crippen molar-refractivity contribution in [2.75, 3.05) is 19.7 Å². The fourth-order valence-electron chi connectivity index (χ4n) is 2.96. The van der Waals surface area contributed by atoms with E-state index in [9.17, 15) is 4.79 Å². The Morgan fingerprint density at radius 3 is 2.82 bits per heavy atom.